The molecule has 0 aliphatic carbocycles. The number of rotatable bonds is 4. The van der Waals surface area contributed by atoms with Gasteiger partial charge in [0, 0.05) is 42.3 Å². The number of fused-ring (bicyclic) bond motifs is 1. The monoisotopic (exact) mass is 274 g/mol. The van der Waals surface area contributed by atoms with Crippen LogP contribution in [0.3, 0.4) is 0 Å². The number of nitrogens with one attached hydrogen (secondary N) is 1. The molecule has 1 aromatic carbocycles. The molecule has 0 radical (unpaired) electrons. The first-order valence-corrected chi connectivity index (χ1v) is 7.80. The highest BCUT2D eigenvalue weighted by Crippen LogP contribution is 2.35. The summed E-state index contributed by atoms with van der Waals surface area (Å²) < 4.78 is 6.17. The van der Waals surface area contributed by atoms with Crippen molar-refractivity contribution in [2.75, 3.05) is 31.6 Å². The highest BCUT2D eigenvalue weighted by molar-refractivity contribution is 5.59. The van der Waals surface area contributed by atoms with Gasteiger partial charge in [-0.1, -0.05) is 13.0 Å². The summed E-state index contributed by atoms with van der Waals surface area (Å²) in [7, 11) is 0. The van der Waals surface area contributed by atoms with Gasteiger partial charge >= 0.3 is 0 Å². The van der Waals surface area contributed by atoms with Gasteiger partial charge < -0.3 is 10.1 Å². The maximum Gasteiger partial charge on any atom is 0.124 e. The van der Waals surface area contributed by atoms with Crippen molar-refractivity contribution in [3.05, 3.63) is 23.8 Å². The van der Waals surface area contributed by atoms with Gasteiger partial charge in [0.15, 0.2) is 0 Å². The van der Waals surface area contributed by atoms with Crippen molar-refractivity contribution in [1.82, 2.24) is 4.90 Å². The van der Waals surface area contributed by atoms with Crippen LogP contribution in [0.1, 0.15) is 32.8 Å². The Labute approximate surface area is 122 Å². The van der Waals surface area contributed by atoms with E-state index in [0.29, 0.717) is 11.5 Å². The zero-order valence-electron chi connectivity index (χ0n) is 12.9. The van der Waals surface area contributed by atoms with Gasteiger partial charge in [-0.3, -0.25) is 4.90 Å². The van der Waals surface area contributed by atoms with E-state index in [9.17, 15) is 0 Å². The van der Waals surface area contributed by atoms with Crippen LogP contribution in [0.4, 0.5) is 5.69 Å². The second-order valence-corrected chi connectivity index (χ2v) is 6.91. The summed E-state index contributed by atoms with van der Waals surface area (Å²) in [4.78, 5) is 2.51. The highest BCUT2D eigenvalue weighted by Gasteiger charge is 2.40. The molecule has 1 aromatic rings. The summed E-state index contributed by atoms with van der Waals surface area (Å²) in [5.74, 6) is 1.08. The van der Waals surface area contributed by atoms with Crippen molar-refractivity contribution >= 4 is 5.69 Å². The van der Waals surface area contributed by atoms with E-state index in [-0.39, 0.29) is 0 Å². The molecular weight excluding hydrogens is 248 g/mol. The van der Waals surface area contributed by atoms with Crippen molar-refractivity contribution < 1.29 is 4.74 Å². The summed E-state index contributed by atoms with van der Waals surface area (Å²) in [6.45, 7) is 11.1. The largest absolute Gasteiger partial charge is 0.493 e. The van der Waals surface area contributed by atoms with Gasteiger partial charge in [-0.2, -0.15) is 0 Å². The quantitative estimate of drug-likeness (QED) is 0.913. The second-order valence-electron chi connectivity index (χ2n) is 6.91. The highest BCUT2D eigenvalue weighted by atomic mass is 16.5. The normalized spacial score (nSPS) is 21.0. The van der Waals surface area contributed by atoms with Gasteiger partial charge in [0.25, 0.3) is 0 Å². The summed E-state index contributed by atoms with van der Waals surface area (Å²) >= 11 is 0. The van der Waals surface area contributed by atoms with E-state index in [1.165, 1.54) is 17.7 Å². The molecule has 2 aliphatic heterocycles. The molecule has 1 N–H and O–H groups in total. The zero-order valence-corrected chi connectivity index (χ0v) is 12.9. The molecule has 2 heterocycles. The molecule has 0 unspecified atom stereocenters. The second kappa shape index (κ2) is 5.28. The lowest BCUT2D eigenvalue weighted by atomic mass is 9.82. The van der Waals surface area contributed by atoms with Gasteiger partial charge in [-0.25, -0.2) is 0 Å². The molecule has 0 atom stereocenters. The van der Waals surface area contributed by atoms with Gasteiger partial charge in [0.2, 0.25) is 0 Å². The minimum Gasteiger partial charge on any atom is -0.493 e. The predicted molar refractivity (Wildman–Crippen MR) is 83.6 cm³/mol. The van der Waals surface area contributed by atoms with Gasteiger partial charge in [0.05, 0.1) is 6.61 Å². The van der Waals surface area contributed by atoms with Crippen LogP contribution in [0, 0.1) is 5.41 Å². The number of nitrogens with zero attached hydrogens (tertiary/aromatic N) is 1. The SMILES string of the molecule is CC(C)N1CC(C)(COc2cccc3c2CCCN3)C1. The first-order chi connectivity index (χ1) is 9.57. The van der Waals surface area contributed by atoms with Gasteiger partial charge in [-0.05, 0) is 38.8 Å². The smallest absolute Gasteiger partial charge is 0.124 e. The fourth-order valence-corrected chi connectivity index (χ4v) is 3.26. The summed E-state index contributed by atoms with van der Waals surface area (Å²) in [5.41, 5.74) is 2.94. The summed E-state index contributed by atoms with van der Waals surface area (Å²) in [6.07, 6.45) is 2.33. The molecular formula is C17H26N2O. The minimum atomic E-state index is 0.315. The maximum absolute atomic E-state index is 6.17. The molecule has 3 nitrogen and oxygen atoms in total. The standard InChI is InChI=1S/C17H26N2O/c1-13(2)19-10-17(3,11-19)12-20-16-8-4-7-15-14(16)6-5-9-18-15/h4,7-8,13,18H,5-6,9-12H2,1-3H3. The van der Waals surface area contributed by atoms with E-state index < -0.39 is 0 Å². The Morgan fingerprint density at radius 1 is 1.35 bits per heavy atom. The first kappa shape index (κ1) is 13.7. The zero-order chi connectivity index (χ0) is 14.2. The van der Waals surface area contributed by atoms with Crippen LogP contribution < -0.4 is 10.1 Å². The van der Waals surface area contributed by atoms with Crippen molar-refractivity contribution in [3.8, 4) is 5.75 Å². The average Bonchev–Trinajstić information content (AvgIpc) is 2.42. The van der Waals surface area contributed by atoms with Crippen LogP contribution in [0.5, 0.6) is 5.75 Å². The third-order valence-electron chi connectivity index (χ3n) is 4.53. The molecule has 0 aromatic heterocycles. The number of benzene rings is 1. The Kier molecular flexibility index (Phi) is 3.63. The number of hydrogen-bond acceptors (Lipinski definition) is 3. The van der Waals surface area contributed by atoms with Crippen molar-refractivity contribution in [2.45, 2.75) is 39.7 Å². The fourth-order valence-electron chi connectivity index (χ4n) is 3.26. The van der Waals surface area contributed by atoms with E-state index in [0.717, 1.165) is 38.4 Å². The molecule has 3 heteroatoms. The molecule has 3 rings (SSSR count). The first-order valence-electron chi connectivity index (χ1n) is 7.80. The fraction of sp³-hybridized carbons (Fsp3) is 0.647. The Morgan fingerprint density at radius 2 is 2.15 bits per heavy atom. The molecule has 0 saturated carbocycles. The number of likely N-dealkylation sites (tertiary alicyclic amines) is 1. The summed E-state index contributed by atoms with van der Waals surface area (Å²) in [5, 5.41) is 3.46. The number of hydrogen-bond donors (Lipinski definition) is 1. The van der Waals surface area contributed by atoms with Crippen molar-refractivity contribution in [2.24, 2.45) is 5.41 Å². The molecule has 0 spiro atoms. The number of ether oxygens (including phenoxy) is 1. The molecule has 20 heavy (non-hydrogen) atoms. The molecule has 2 aliphatic rings. The lowest BCUT2D eigenvalue weighted by Gasteiger charge is -2.50. The number of anilines is 1. The van der Waals surface area contributed by atoms with Crippen LogP contribution in [-0.4, -0.2) is 37.2 Å². The topological polar surface area (TPSA) is 24.5 Å². The van der Waals surface area contributed by atoms with Crippen LogP contribution in [0.15, 0.2) is 18.2 Å². The Morgan fingerprint density at radius 3 is 2.90 bits per heavy atom. The van der Waals surface area contributed by atoms with Crippen LogP contribution in [-0.2, 0) is 6.42 Å². The van der Waals surface area contributed by atoms with Gasteiger partial charge in [-0.15, -0.1) is 0 Å². The Balaban J connectivity index is 1.62. The van der Waals surface area contributed by atoms with Crippen molar-refractivity contribution in [1.29, 1.82) is 0 Å². The van der Waals surface area contributed by atoms with E-state index >= 15 is 0 Å². The lowest BCUT2D eigenvalue weighted by molar-refractivity contribution is -0.0377. The van der Waals surface area contributed by atoms with E-state index in [4.69, 9.17) is 4.74 Å². The third kappa shape index (κ3) is 2.64. The van der Waals surface area contributed by atoms with E-state index in [1.807, 2.05) is 0 Å². The van der Waals surface area contributed by atoms with E-state index in [2.05, 4.69) is 49.2 Å². The maximum atomic E-state index is 6.17. The van der Waals surface area contributed by atoms with Crippen LogP contribution >= 0.6 is 0 Å². The third-order valence-corrected chi connectivity index (χ3v) is 4.53. The van der Waals surface area contributed by atoms with Crippen LogP contribution in [0.25, 0.3) is 0 Å². The average molecular weight is 274 g/mol. The molecule has 0 bridgehead atoms. The molecule has 1 saturated heterocycles. The van der Waals surface area contributed by atoms with Gasteiger partial charge in [0.1, 0.15) is 5.75 Å². The summed E-state index contributed by atoms with van der Waals surface area (Å²) in [6, 6.07) is 7.02. The Hall–Kier alpha value is -1.22. The molecule has 0 amide bonds. The minimum absolute atomic E-state index is 0.315. The predicted octanol–water partition coefficient (Wildman–Crippen LogP) is 3.15. The van der Waals surface area contributed by atoms with Crippen molar-refractivity contribution in [3.63, 3.8) is 0 Å². The molecule has 110 valence electrons. The van der Waals surface area contributed by atoms with Crippen LogP contribution in [0.2, 0.25) is 0 Å². The molecule has 1 fully saturated rings. The Bertz CT molecular complexity index is 478. The van der Waals surface area contributed by atoms with E-state index in [1.54, 1.807) is 0 Å². The lowest BCUT2D eigenvalue weighted by Crippen LogP contribution is -2.59.